The third kappa shape index (κ3) is 1.23. The van der Waals surface area contributed by atoms with Crippen molar-refractivity contribution in [3.05, 3.63) is 28.8 Å². The summed E-state index contributed by atoms with van der Waals surface area (Å²) in [4.78, 5) is 3.24. The Morgan fingerprint density at radius 1 is 1.70 bits per heavy atom. The van der Waals surface area contributed by atoms with E-state index in [-0.39, 0.29) is 10.6 Å². The molecule has 0 saturated heterocycles. The molecule has 0 unspecified atom stereocenters. The van der Waals surface area contributed by atoms with Gasteiger partial charge in [0.15, 0.2) is 0 Å². The quantitative estimate of drug-likeness (QED) is 0.537. The van der Waals surface area contributed by atoms with Crippen molar-refractivity contribution < 1.29 is 4.39 Å². The van der Waals surface area contributed by atoms with Crippen molar-refractivity contribution in [1.29, 1.82) is 5.26 Å². The maximum Gasteiger partial charge on any atom is 0.214 e. The molecule has 0 amide bonds. The molecule has 0 bridgehead atoms. The van der Waals surface area contributed by atoms with Crippen molar-refractivity contribution in [1.82, 2.24) is 4.98 Å². The van der Waals surface area contributed by atoms with Crippen LogP contribution in [0.2, 0.25) is 5.02 Å². The number of hydrogen-bond acceptors (Lipinski definition) is 2. The molecule has 2 nitrogen and oxygen atoms in total. The Morgan fingerprint density at radius 2 is 2.40 bits per heavy atom. The lowest BCUT2D eigenvalue weighted by molar-refractivity contribution is 0.583. The first kappa shape index (κ1) is 6.97. The van der Waals surface area contributed by atoms with Gasteiger partial charge in [0.1, 0.15) is 6.07 Å². The third-order valence-electron chi connectivity index (χ3n) is 0.942. The first-order chi connectivity index (χ1) is 4.74. The fourth-order valence-corrected chi connectivity index (χ4v) is 0.644. The standard InChI is InChI=1S/C6H2ClFN2/c7-5-3-10-6(8)1-4(5)2-9/h1,3H. The lowest BCUT2D eigenvalue weighted by atomic mass is 10.3. The first-order valence-corrected chi connectivity index (χ1v) is 2.83. The molecule has 0 aliphatic heterocycles. The van der Waals surface area contributed by atoms with Crippen molar-refractivity contribution >= 4 is 11.6 Å². The highest BCUT2D eigenvalue weighted by Crippen LogP contribution is 2.12. The molecule has 10 heavy (non-hydrogen) atoms. The van der Waals surface area contributed by atoms with E-state index in [1.165, 1.54) is 0 Å². The molecule has 0 saturated carbocycles. The van der Waals surface area contributed by atoms with Crippen LogP contribution in [0.1, 0.15) is 5.56 Å². The van der Waals surface area contributed by atoms with E-state index in [9.17, 15) is 4.39 Å². The summed E-state index contributed by atoms with van der Waals surface area (Å²) in [5.74, 6) is -0.694. The predicted octanol–water partition coefficient (Wildman–Crippen LogP) is 1.75. The smallest absolute Gasteiger partial charge is 0.214 e. The van der Waals surface area contributed by atoms with Gasteiger partial charge in [-0.1, -0.05) is 11.6 Å². The molecule has 0 aliphatic rings. The molecule has 0 aliphatic carbocycles. The van der Waals surface area contributed by atoms with Crippen LogP contribution in [-0.4, -0.2) is 4.98 Å². The van der Waals surface area contributed by atoms with E-state index in [0.29, 0.717) is 0 Å². The Hall–Kier alpha value is -1.14. The summed E-state index contributed by atoms with van der Waals surface area (Å²) in [7, 11) is 0. The molecule has 1 rings (SSSR count). The molecule has 0 atom stereocenters. The van der Waals surface area contributed by atoms with E-state index in [0.717, 1.165) is 12.3 Å². The molecular formula is C6H2ClFN2. The molecule has 0 fully saturated rings. The Bertz CT molecular complexity index is 292. The number of pyridine rings is 1. The number of hydrogen-bond donors (Lipinski definition) is 0. The van der Waals surface area contributed by atoms with Gasteiger partial charge in [-0.05, 0) is 0 Å². The number of rotatable bonds is 0. The van der Waals surface area contributed by atoms with Crippen LogP contribution in [0.3, 0.4) is 0 Å². The monoisotopic (exact) mass is 156 g/mol. The van der Waals surface area contributed by atoms with Crippen LogP contribution in [-0.2, 0) is 0 Å². The van der Waals surface area contributed by atoms with Gasteiger partial charge < -0.3 is 0 Å². The van der Waals surface area contributed by atoms with Gasteiger partial charge in [0.05, 0.1) is 16.8 Å². The van der Waals surface area contributed by atoms with E-state index >= 15 is 0 Å². The maximum atomic E-state index is 12.2. The van der Waals surface area contributed by atoms with Crippen LogP contribution in [0.4, 0.5) is 4.39 Å². The van der Waals surface area contributed by atoms with Crippen molar-refractivity contribution in [2.24, 2.45) is 0 Å². The molecule has 0 radical (unpaired) electrons. The molecule has 1 heterocycles. The van der Waals surface area contributed by atoms with Gasteiger partial charge in [-0.2, -0.15) is 9.65 Å². The van der Waals surface area contributed by atoms with Crippen molar-refractivity contribution in [2.75, 3.05) is 0 Å². The highest BCUT2D eigenvalue weighted by atomic mass is 35.5. The largest absolute Gasteiger partial charge is 0.227 e. The lowest BCUT2D eigenvalue weighted by Gasteiger charge is -1.90. The van der Waals surface area contributed by atoms with Crippen molar-refractivity contribution in [3.63, 3.8) is 0 Å². The van der Waals surface area contributed by atoms with Crippen molar-refractivity contribution in [3.8, 4) is 6.07 Å². The second-order valence-corrected chi connectivity index (χ2v) is 2.01. The zero-order valence-corrected chi connectivity index (χ0v) is 5.56. The molecule has 1 aromatic rings. The average Bonchev–Trinajstić information content (AvgIpc) is 1.94. The van der Waals surface area contributed by atoms with Gasteiger partial charge in [0, 0.05) is 6.07 Å². The molecular weight excluding hydrogens is 155 g/mol. The Balaban J connectivity index is 3.25. The van der Waals surface area contributed by atoms with Crippen LogP contribution < -0.4 is 0 Å². The van der Waals surface area contributed by atoms with E-state index in [2.05, 4.69) is 4.98 Å². The minimum Gasteiger partial charge on any atom is -0.227 e. The van der Waals surface area contributed by atoms with Gasteiger partial charge in [0.2, 0.25) is 5.95 Å². The number of nitrogens with zero attached hydrogens (tertiary/aromatic N) is 2. The summed E-state index contributed by atoms with van der Waals surface area (Å²) in [6, 6.07) is 2.71. The number of halogens is 2. The topological polar surface area (TPSA) is 36.7 Å². The fraction of sp³-hybridized carbons (Fsp3) is 0. The zero-order chi connectivity index (χ0) is 7.56. The number of aromatic nitrogens is 1. The second kappa shape index (κ2) is 2.63. The summed E-state index contributed by atoms with van der Waals surface area (Å²) >= 11 is 5.44. The van der Waals surface area contributed by atoms with Crippen LogP contribution in [0.5, 0.6) is 0 Å². The van der Waals surface area contributed by atoms with Gasteiger partial charge in [-0.3, -0.25) is 0 Å². The van der Waals surface area contributed by atoms with Gasteiger partial charge >= 0.3 is 0 Å². The van der Waals surface area contributed by atoms with E-state index < -0.39 is 5.95 Å². The SMILES string of the molecule is N#Cc1cc(F)ncc1Cl. The normalized spacial score (nSPS) is 8.90. The predicted molar refractivity (Wildman–Crippen MR) is 33.9 cm³/mol. The average molecular weight is 157 g/mol. The summed E-state index contributed by atoms with van der Waals surface area (Å²) in [6.45, 7) is 0. The molecule has 0 spiro atoms. The van der Waals surface area contributed by atoms with Gasteiger partial charge in [-0.15, -0.1) is 0 Å². The summed E-state index contributed by atoms with van der Waals surface area (Å²) < 4.78 is 12.2. The zero-order valence-electron chi connectivity index (χ0n) is 4.81. The van der Waals surface area contributed by atoms with Crippen LogP contribution in [0.15, 0.2) is 12.3 Å². The van der Waals surface area contributed by atoms with Crippen LogP contribution in [0.25, 0.3) is 0 Å². The van der Waals surface area contributed by atoms with Gasteiger partial charge in [-0.25, -0.2) is 4.98 Å². The minimum absolute atomic E-state index is 0.106. The summed E-state index contributed by atoms with van der Waals surface area (Å²) in [6.07, 6.45) is 1.11. The van der Waals surface area contributed by atoms with E-state index in [1.807, 2.05) is 0 Å². The molecule has 0 N–H and O–H groups in total. The summed E-state index contributed by atoms with van der Waals surface area (Å²) in [5.41, 5.74) is 0.106. The highest BCUT2D eigenvalue weighted by molar-refractivity contribution is 6.31. The third-order valence-corrected chi connectivity index (χ3v) is 1.24. The van der Waals surface area contributed by atoms with Crippen molar-refractivity contribution in [2.45, 2.75) is 0 Å². The van der Waals surface area contributed by atoms with Crippen LogP contribution >= 0.6 is 11.6 Å². The van der Waals surface area contributed by atoms with Crippen LogP contribution in [0, 0.1) is 17.3 Å². The lowest BCUT2D eigenvalue weighted by Crippen LogP contribution is -1.84. The Labute approximate surface area is 61.9 Å². The Kier molecular flexibility index (Phi) is 1.83. The second-order valence-electron chi connectivity index (χ2n) is 1.60. The molecule has 4 heteroatoms. The Morgan fingerprint density at radius 3 is 2.90 bits per heavy atom. The molecule has 0 aromatic carbocycles. The van der Waals surface area contributed by atoms with E-state index in [1.54, 1.807) is 6.07 Å². The highest BCUT2D eigenvalue weighted by Gasteiger charge is 1.99. The minimum atomic E-state index is -0.694. The fourth-order valence-electron chi connectivity index (χ4n) is 0.499. The molecule has 1 aromatic heterocycles. The molecule has 50 valence electrons. The van der Waals surface area contributed by atoms with E-state index in [4.69, 9.17) is 16.9 Å². The number of nitriles is 1. The maximum absolute atomic E-state index is 12.2. The summed E-state index contributed by atoms with van der Waals surface area (Å²) in [5, 5.41) is 8.48. The first-order valence-electron chi connectivity index (χ1n) is 2.45. The van der Waals surface area contributed by atoms with Gasteiger partial charge in [0.25, 0.3) is 0 Å².